The highest BCUT2D eigenvalue weighted by Gasteiger charge is 2.24. The number of esters is 1. The Morgan fingerprint density at radius 2 is 0.980 bits per heavy atom. The van der Waals surface area contributed by atoms with Crippen LogP contribution >= 0.6 is 0 Å². The molecular weight excluding hydrogens is 634 g/mol. The predicted molar refractivity (Wildman–Crippen MR) is 218 cm³/mol. The fourth-order valence-corrected chi connectivity index (χ4v) is 6.66. The van der Waals surface area contributed by atoms with E-state index in [1.165, 1.54) is 109 Å². The number of hydrogen-bond acceptors (Lipinski definition) is 5. The van der Waals surface area contributed by atoms with Crippen LogP contribution in [0.2, 0.25) is 0 Å². The summed E-state index contributed by atoms with van der Waals surface area (Å²) in [5.41, 5.74) is 0. The van der Waals surface area contributed by atoms with Gasteiger partial charge in [-0.15, -0.1) is 0 Å². The van der Waals surface area contributed by atoms with E-state index < -0.39 is 18.2 Å². The molecular formula is C45H85NO5. The van der Waals surface area contributed by atoms with E-state index >= 15 is 0 Å². The number of ether oxygens (including phenoxy) is 1. The van der Waals surface area contributed by atoms with Gasteiger partial charge in [-0.1, -0.05) is 186 Å². The molecule has 300 valence electrons. The Balaban J connectivity index is 4.48. The Kier molecular flexibility index (Phi) is 38.3. The van der Waals surface area contributed by atoms with E-state index in [0.717, 1.165) is 70.6 Å². The third-order valence-electron chi connectivity index (χ3n) is 10.1. The van der Waals surface area contributed by atoms with Crippen LogP contribution < -0.4 is 5.32 Å². The van der Waals surface area contributed by atoms with Crippen LogP contribution in [-0.4, -0.2) is 46.9 Å². The average molecular weight is 720 g/mol. The van der Waals surface area contributed by atoms with Gasteiger partial charge in [0.1, 0.15) is 6.10 Å². The molecule has 3 atom stereocenters. The minimum absolute atomic E-state index is 0.0695. The number of rotatable bonds is 39. The number of allylic oxidation sites excluding steroid dienone is 4. The highest BCUT2D eigenvalue weighted by Crippen LogP contribution is 2.17. The number of nitrogens with one attached hydrogen (secondary N) is 1. The fraction of sp³-hybridized carbons (Fsp3) is 0.867. The smallest absolute Gasteiger partial charge is 0.306 e. The molecule has 0 aromatic rings. The van der Waals surface area contributed by atoms with Gasteiger partial charge in [-0.25, -0.2) is 0 Å². The number of hydrogen-bond donors (Lipinski definition) is 3. The highest BCUT2D eigenvalue weighted by atomic mass is 16.5. The van der Waals surface area contributed by atoms with Crippen molar-refractivity contribution in [2.75, 3.05) is 6.61 Å². The molecule has 0 fully saturated rings. The van der Waals surface area contributed by atoms with E-state index in [0.29, 0.717) is 19.3 Å². The number of unbranched alkanes of at least 4 members (excludes halogenated alkanes) is 24. The molecule has 0 bridgehead atoms. The van der Waals surface area contributed by atoms with E-state index in [1.807, 2.05) is 0 Å². The molecule has 0 radical (unpaired) electrons. The second kappa shape index (κ2) is 39.5. The first-order valence-electron chi connectivity index (χ1n) is 22.1. The van der Waals surface area contributed by atoms with Crippen molar-refractivity contribution in [3.8, 4) is 0 Å². The molecule has 51 heavy (non-hydrogen) atoms. The molecule has 0 saturated heterocycles. The van der Waals surface area contributed by atoms with Gasteiger partial charge in [0, 0.05) is 6.42 Å². The van der Waals surface area contributed by atoms with Crippen LogP contribution in [0.5, 0.6) is 0 Å². The molecule has 1 amide bonds. The van der Waals surface area contributed by atoms with Crippen molar-refractivity contribution in [3.05, 3.63) is 24.3 Å². The zero-order valence-corrected chi connectivity index (χ0v) is 34.0. The van der Waals surface area contributed by atoms with Crippen LogP contribution in [0.4, 0.5) is 0 Å². The van der Waals surface area contributed by atoms with Crippen LogP contribution in [0.25, 0.3) is 0 Å². The number of aliphatic hydroxyl groups excluding tert-OH is 2. The number of carbonyl (C=O) groups excluding carboxylic acids is 2. The van der Waals surface area contributed by atoms with Gasteiger partial charge in [0.2, 0.25) is 5.91 Å². The van der Waals surface area contributed by atoms with Gasteiger partial charge in [-0.3, -0.25) is 9.59 Å². The summed E-state index contributed by atoms with van der Waals surface area (Å²) in [6.45, 7) is 6.41. The minimum atomic E-state index is -0.784. The maximum Gasteiger partial charge on any atom is 0.306 e. The van der Waals surface area contributed by atoms with Crippen molar-refractivity contribution >= 4 is 11.9 Å². The fourth-order valence-electron chi connectivity index (χ4n) is 6.66. The van der Waals surface area contributed by atoms with E-state index in [1.54, 1.807) is 0 Å². The normalized spacial score (nSPS) is 13.6. The van der Waals surface area contributed by atoms with Crippen LogP contribution in [-0.2, 0) is 14.3 Å². The second-order valence-electron chi connectivity index (χ2n) is 15.1. The monoisotopic (exact) mass is 720 g/mol. The lowest BCUT2D eigenvalue weighted by Gasteiger charge is -2.24. The Morgan fingerprint density at radius 3 is 1.45 bits per heavy atom. The Labute approximate surface area is 316 Å². The zero-order valence-electron chi connectivity index (χ0n) is 34.0. The highest BCUT2D eigenvalue weighted by molar-refractivity contribution is 5.77. The summed E-state index contributed by atoms with van der Waals surface area (Å²) in [6.07, 6.45) is 42.5. The van der Waals surface area contributed by atoms with Crippen LogP contribution in [0.1, 0.15) is 226 Å². The summed E-state index contributed by atoms with van der Waals surface area (Å²) in [7, 11) is 0. The minimum Gasteiger partial charge on any atom is -0.462 e. The Hall–Kier alpha value is -1.66. The summed E-state index contributed by atoms with van der Waals surface area (Å²) >= 11 is 0. The lowest BCUT2D eigenvalue weighted by atomic mass is 10.0. The summed E-state index contributed by atoms with van der Waals surface area (Å²) in [6, 6.07) is -0.698. The van der Waals surface area contributed by atoms with E-state index in [-0.39, 0.29) is 24.9 Å². The third-order valence-corrected chi connectivity index (χ3v) is 10.1. The van der Waals surface area contributed by atoms with Crippen molar-refractivity contribution < 1.29 is 24.5 Å². The topological polar surface area (TPSA) is 95.9 Å². The van der Waals surface area contributed by atoms with Gasteiger partial charge in [-0.05, 0) is 51.4 Å². The van der Waals surface area contributed by atoms with Crippen LogP contribution in [0, 0.1) is 0 Å². The molecule has 3 N–H and O–H groups in total. The lowest BCUT2D eigenvalue weighted by molar-refractivity contribution is -0.151. The molecule has 6 nitrogen and oxygen atoms in total. The number of carbonyl (C=O) groups is 2. The Bertz CT molecular complexity index is 812. The largest absolute Gasteiger partial charge is 0.462 e. The maximum absolute atomic E-state index is 13.0. The quantitative estimate of drug-likeness (QED) is 0.0334. The van der Waals surface area contributed by atoms with E-state index in [9.17, 15) is 19.8 Å². The molecule has 0 aromatic heterocycles. The van der Waals surface area contributed by atoms with Gasteiger partial charge in [-0.2, -0.15) is 0 Å². The molecule has 0 aromatic carbocycles. The van der Waals surface area contributed by atoms with Gasteiger partial charge in [0.25, 0.3) is 0 Å². The van der Waals surface area contributed by atoms with E-state index in [2.05, 4.69) is 50.4 Å². The average Bonchev–Trinajstić information content (AvgIpc) is 3.12. The molecule has 0 aliphatic carbocycles. The molecule has 0 rings (SSSR count). The lowest BCUT2D eigenvalue weighted by Crippen LogP contribution is -2.46. The van der Waals surface area contributed by atoms with Crippen molar-refractivity contribution in [3.63, 3.8) is 0 Å². The number of aliphatic hydroxyl groups is 2. The van der Waals surface area contributed by atoms with Gasteiger partial charge in [0.05, 0.1) is 25.2 Å². The number of amides is 1. The van der Waals surface area contributed by atoms with Crippen molar-refractivity contribution in [2.24, 2.45) is 0 Å². The van der Waals surface area contributed by atoms with Crippen molar-refractivity contribution in [1.82, 2.24) is 5.32 Å². The predicted octanol–water partition coefficient (Wildman–Crippen LogP) is 12.4. The molecule has 6 heteroatoms. The van der Waals surface area contributed by atoms with Gasteiger partial charge >= 0.3 is 5.97 Å². The summed E-state index contributed by atoms with van der Waals surface area (Å²) < 4.78 is 5.85. The standard InChI is InChI=1S/C45H85NO5/c1-4-7-10-13-16-18-19-20-21-22-23-24-26-29-32-35-38-45(50)51-41(36-33-30-27-15-12-9-6-3)39-44(49)46-42(40-47)43(48)37-34-31-28-25-17-14-11-8-5-2/h21-24,41-43,47-48H,4-20,25-40H2,1-3H3,(H,46,49)/b22-21+,24-23+. The molecule has 0 heterocycles. The van der Waals surface area contributed by atoms with Gasteiger partial charge in [0.15, 0.2) is 0 Å². The van der Waals surface area contributed by atoms with Gasteiger partial charge < -0.3 is 20.3 Å². The van der Waals surface area contributed by atoms with Crippen LogP contribution in [0.3, 0.4) is 0 Å². The molecule has 0 aliphatic heterocycles. The first-order chi connectivity index (χ1) is 25.0. The third kappa shape index (κ3) is 35.2. The SMILES string of the molecule is CCCCCCCCC/C=C/C=C/CCCCCC(=O)OC(CCCCCCCCC)CC(=O)NC(CO)C(O)CCCCCCCCCCC. The first kappa shape index (κ1) is 49.3. The molecule has 0 aliphatic rings. The second-order valence-corrected chi connectivity index (χ2v) is 15.1. The van der Waals surface area contributed by atoms with Crippen molar-refractivity contribution in [1.29, 1.82) is 0 Å². The maximum atomic E-state index is 13.0. The van der Waals surface area contributed by atoms with E-state index in [4.69, 9.17) is 4.74 Å². The summed E-state index contributed by atoms with van der Waals surface area (Å²) in [4.78, 5) is 25.8. The first-order valence-corrected chi connectivity index (χ1v) is 22.1. The van der Waals surface area contributed by atoms with Crippen molar-refractivity contribution in [2.45, 2.75) is 244 Å². The van der Waals surface area contributed by atoms with Crippen LogP contribution in [0.15, 0.2) is 24.3 Å². The molecule has 3 unspecified atom stereocenters. The zero-order chi connectivity index (χ0) is 37.5. The summed E-state index contributed by atoms with van der Waals surface area (Å²) in [5, 5.41) is 23.5. The summed E-state index contributed by atoms with van der Waals surface area (Å²) in [5.74, 6) is -0.507. The molecule has 0 spiro atoms. The molecule has 0 saturated carbocycles. The Morgan fingerprint density at radius 1 is 0.569 bits per heavy atom.